The lowest BCUT2D eigenvalue weighted by atomic mass is 9.98. The molecule has 1 saturated heterocycles. The molecule has 3 rings (SSSR count). The van der Waals surface area contributed by atoms with Gasteiger partial charge in [-0.1, -0.05) is 11.2 Å². The van der Waals surface area contributed by atoms with Crippen LogP contribution in [0.4, 0.5) is 5.13 Å². The van der Waals surface area contributed by atoms with Crippen LogP contribution in [0, 0.1) is 5.41 Å². The molecule has 1 aromatic rings. The minimum absolute atomic E-state index is 0.0478. The van der Waals surface area contributed by atoms with E-state index in [1.165, 1.54) is 42.2 Å². The fourth-order valence-corrected chi connectivity index (χ4v) is 5.31. The van der Waals surface area contributed by atoms with Gasteiger partial charge in [0.2, 0.25) is 6.79 Å². The number of nitrogens with one attached hydrogen (secondary N) is 1. The molecule has 0 radical (unpaired) electrons. The Morgan fingerprint density at radius 3 is 2.58 bits per heavy atom. The normalized spacial score (nSPS) is 19.1. The molecule has 0 unspecified atom stereocenters. The molecule has 0 aromatic carbocycles. The number of nitrogens with two attached hydrogens (primary N) is 1. The van der Waals surface area contributed by atoms with E-state index in [-0.39, 0.29) is 34.6 Å². The van der Waals surface area contributed by atoms with Crippen molar-refractivity contribution in [3.05, 3.63) is 34.5 Å². The summed E-state index contributed by atoms with van der Waals surface area (Å²) in [6.07, 6.45) is 3.06. The van der Waals surface area contributed by atoms with Gasteiger partial charge in [-0.25, -0.2) is 9.78 Å². The number of nitrogens with zero attached hydrogens (tertiary/aromatic N) is 3. The zero-order valence-electron chi connectivity index (χ0n) is 22.4. The van der Waals surface area contributed by atoms with Gasteiger partial charge in [0.1, 0.15) is 36.5 Å². The molecule has 16 heteroatoms. The van der Waals surface area contributed by atoms with Crippen molar-refractivity contribution in [2.75, 3.05) is 32.0 Å². The summed E-state index contributed by atoms with van der Waals surface area (Å²) in [5, 5.41) is 7.42. The molecule has 40 heavy (non-hydrogen) atoms. The molecule has 14 nitrogen and oxygen atoms in total. The van der Waals surface area contributed by atoms with E-state index in [4.69, 9.17) is 24.8 Å². The lowest BCUT2D eigenvalue weighted by Crippen LogP contribution is -2.71. The third kappa shape index (κ3) is 7.18. The van der Waals surface area contributed by atoms with Crippen molar-refractivity contribution >= 4 is 63.7 Å². The fourth-order valence-electron chi connectivity index (χ4n) is 3.44. The Balaban J connectivity index is 1.79. The molecular formula is C24H29N5O9S2. The molecule has 1 fully saturated rings. The number of fused-ring (bicyclic) bond motifs is 1. The molecule has 216 valence electrons. The standard InChI is InChI=1S/C24H29N5O9S2/c1-12(30)36-8-6-7-13-9-39-20-16(27-18(31)15(28-35-5)14-10-40-23(25)26-14)19(32)29(20)17(13)21(33)37-11-38-22(34)24(2,3)4/h6-7,10,16,20H,8-9,11H2,1-5H3,(H2,25,26)(H,27,31)/b7-6+,28-15-/t16-,20+/m1/s1. The van der Waals surface area contributed by atoms with Crippen molar-refractivity contribution < 1.29 is 43.0 Å². The minimum Gasteiger partial charge on any atom is -0.462 e. The molecule has 0 saturated carbocycles. The number of thiazole rings is 1. The monoisotopic (exact) mass is 595 g/mol. The number of allylic oxidation sites excluding steroid dienone is 1. The number of rotatable bonds is 10. The van der Waals surface area contributed by atoms with E-state index in [0.29, 0.717) is 5.57 Å². The molecule has 1 aromatic heterocycles. The third-order valence-electron chi connectivity index (χ3n) is 5.33. The Kier molecular flexibility index (Phi) is 9.92. The molecule has 2 aliphatic heterocycles. The number of thioether (sulfide) groups is 1. The summed E-state index contributed by atoms with van der Waals surface area (Å²) < 4.78 is 15.1. The van der Waals surface area contributed by atoms with Crippen LogP contribution in [0.3, 0.4) is 0 Å². The number of carbonyl (C=O) groups excluding carboxylic acids is 5. The van der Waals surface area contributed by atoms with Gasteiger partial charge in [0, 0.05) is 18.1 Å². The summed E-state index contributed by atoms with van der Waals surface area (Å²) in [7, 11) is 1.26. The van der Waals surface area contributed by atoms with Crippen molar-refractivity contribution in [3.63, 3.8) is 0 Å². The van der Waals surface area contributed by atoms with E-state index in [1.807, 2.05) is 0 Å². The number of aromatic nitrogens is 1. The van der Waals surface area contributed by atoms with Crippen LogP contribution < -0.4 is 11.1 Å². The second kappa shape index (κ2) is 13.0. The first-order valence-electron chi connectivity index (χ1n) is 11.8. The molecule has 0 spiro atoms. The number of hydrogen-bond donors (Lipinski definition) is 2. The molecular weight excluding hydrogens is 566 g/mol. The van der Waals surface area contributed by atoms with Crippen LogP contribution in [0.5, 0.6) is 0 Å². The Hall–Kier alpha value is -3.92. The van der Waals surface area contributed by atoms with Crippen molar-refractivity contribution in [3.8, 4) is 0 Å². The van der Waals surface area contributed by atoms with Crippen molar-refractivity contribution in [1.29, 1.82) is 0 Å². The molecule has 3 N–H and O–H groups in total. The van der Waals surface area contributed by atoms with E-state index >= 15 is 0 Å². The summed E-state index contributed by atoms with van der Waals surface area (Å²) >= 11 is 2.40. The van der Waals surface area contributed by atoms with Gasteiger partial charge in [-0.2, -0.15) is 0 Å². The van der Waals surface area contributed by atoms with Crippen LogP contribution in [-0.4, -0.2) is 83.0 Å². The van der Waals surface area contributed by atoms with Gasteiger partial charge in [-0.15, -0.1) is 23.1 Å². The number of esters is 3. The molecule has 3 heterocycles. The summed E-state index contributed by atoms with van der Waals surface area (Å²) in [5.41, 5.74) is 5.19. The first kappa shape index (κ1) is 30.6. The van der Waals surface area contributed by atoms with Gasteiger partial charge in [0.25, 0.3) is 11.8 Å². The van der Waals surface area contributed by atoms with Gasteiger partial charge in [-0.3, -0.25) is 24.1 Å². The van der Waals surface area contributed by atoms with Crippen LogP contribution in [0.25, 0.3) is 0 Å². The average molecular weight is 596 g/mol. The van der Waals surface area contributed by atoms with Crippen LogP contribution in [0.1, 0.15) is 33.4 Å². The van der Waals surface area contributed by atoms with Crippen molar-refractivity contribution in [1.82, 2.24) is 15.2 Å². The first-order valence-corrected chi connectivity index (χ1v) is 13.7. The van der Waals surface area contributed by atoms with E-state index in [9.17, 15) is 24.0 Å². The highest BCUT2D eigenvalue weighted by Crippen LogP contribution is 2.41. The van der Waals surface area contributed by atoms with E-state index in [2.05, 4.69) is 15.5 Å². The van der Waals surface area contributed by atoms with Gasteiger partial charge in [0.15, 0.2) is 10.8 Å². The maximum Gasteiger partial charge on any atom is 0.358 e. The number of ether oxygens (including phenoxy) is 3. The largest absolute Gasteiger partial charge is 0.462 e. The SMILES string of the molecule is CO/N=C(\C(=O)N[C@@H]1C(=O)N2C(C(=O)OCOC(=O)C(C)(C)C)=C(/C=C/COC(C)=O)CS[C@@H]12)c1csc(N)n1. The second-order valence-electron chi connectivity index (χ2n) is 9.36. The Morgan fingerprint density at radius 1 is 1.25 bits per heavy atom. The lowest BCUT2D eigenvalue weighted by Gasteiger charge is -2.49. The van der Waals surface area contributed by atoms with Gasteiger partial charge >= 0.3 is 17.9 Å². The third-order valence-corrected chi connectivity index (χ3v) is 7.31. The summed E-state index contributed by atoms with van der Waals surface area (Å²) in [6.45, 7) is 5.50. The summed E-state index contributed by atoms with van der Waals surface area (Å²) in [4.78, 5) is 72.4. The highest BCUT2D eigenvalue weighted by Gasteiger charge is 2.54. The first-order chi connectivity index (χ1) is 18.8. The number of nitrogen functional groups attached to an aromatic ring is 1. The van der Waals surface area contributed by atoms with Crippen molar-refractivity contribution in [2.45, 2.75) is 39.1 Å². The predicted octanol–water partition coefficient (Wildman–Crippen LogP) is 0.939. The van der Waals surface area contributed by atoms with E-state index < -0.39 is 53.3 Å². The summed E-state index contributed by atoms with van der Waals surface area (Å²) in [5.74, 6) is -3.01. The van der Waals surface area contributed by atoms with Gasteiger partial charge < -0.3 is 30.1 Å². The fraction of sp³-hybridized carbons (Fsp3) is 0.458. The molecule has 2 atom stereocenters. The molecule has 2 amide bonds. The predicted molar refractivity (Wildman–Crippen MR) is 144 cm³/mol. The quantitative estimate of drug-likeness (QED) is 0.128. The lowest BCUT2D eigenvalue weighted by molar-refractivity contribution is -0.173. The number of amides is 2. The van der Waals surface area contributed by atoms with Crippen LogP contribution >= 0.6 is 23.1 Å². The maximum absolute atomic E-state index is 13.2. The van der Waals surface area contributed by atoms with E-state index in [1.54, 1.807) is 26.8 Å². The summed E-state index contributed by atoms with van der Waals surface area (Å²) in [6, 6.07) is -0.997. The molecule has 2 aliphatic rings. The van der Waals surface area contributed by atoms with Crippen LogP contribution in [0.15, 0.2) is 34.0 Å². The van der Waals surface area contributed by atoms with Crippen molar-refractivity contribution in [2.24, 2.45) is 10.6 Å². The van der Waals surface area contributed by atoms with Crippen LogP contribution in [0.2, 0.25) is 0 Å². The zero-order valence-corrected chi connectivity index (χ0v) is 24.1. The smallest absolute Gasteiger partial charge is 0.358 e. The number of hydrogen-bond acceptors (Lipinski definition) is 14. The Labute approximate surface area is 237 Å². The second-order valence-corrected chi connectivity index (χ2v) is 11.4. The minimum atomic E-state index is -0.997. The maximum atomic E-state index is 13.2. The van der Waals surface area contributed by atoms with Crippen LogP contribution in [-0.2, 0) is 43.0 Å². The molecule has 0 aliphatic carbocycles. The highest BCUT2D eigenvalue weighted by atomic mass is 32.2. The topological polar surface area (TPSA) is 189 Å². The number of carbonyl (C=O) groups is 5. The highest BCUT2D eigenvalue weighted by molar-refractivity contribution is 8.00. The average Bonchev–Trinajstić information content (AvgIpc) is 3.32. The Morgan fingerprint density at radius 2 is 1.98 bits per heavy atom. The molecule has 0 bridgehead atoms. The van der Waals surface area contributed by atoms with E-state index in [0.717, 1.165) is 11.3 Å². The zero-order chi connectivity index (χ0) is 29.6. The van der Waals surface area contributed by atoms with Gasteiger partial charge in [0.05, 0.1) is 5.41 Å². The number of oxime groups is 1. The number of β-lactam (4-membered cyclic amide) rings is 1. The van der Waals surface area contributed by atoms with Gasteiger partial charge in [-0.05, 0) is 32.4 Å². The number of anilines is 1. The Bertz CT molecular complexity index is 1280.